The Kier molecular flexibility index (Phi) is 32.3. The van der Waals surface area contributed by atoms with E-state index in [9.17, 15) is 14.4 Å². The third-order valence-electron chi connectivity index (χ3n) is 26.5. The van der Waals surface area contributed by atoms with Gasteiger partial charge in [-0.15, -0.1) is 0 Å². The number of aromatic nitrogens is 4. The molecule has 126 heavy (non-hydrogen) atoms. The number of allylic oxidation sites excluding steroid dienone is 5. The second kappa shape index (κ2) is 41.2. The molecule has 0 spiro atoms. The summed E-state index contributed by atoms with van der Waals surface area (Å²) in [6, 6.07) is 35.6. The molecule has 674 valence electrons. The largest absolute Gasteiger partial charge is 0.493 e. The number of carboxylic acid groups (broad SMARTS) is 3. The van der Waals surface area contributed by atoms with E-state index < -0.39 is 17.9 Å². The van der Waals surface area contributed by atoms with Crippen LogP contribution < -0.4 is 28.9 Å². The Morgan fingerprint density at radius 3 is 1.26 bits per heavy atom. The Hall–Kier alpha value is -11.0. The lowest BCUT2D eigenvalue weighted by atomic mass is 9.62. The van der Waals surface area contributed by atoms with Gasteiger partial charge < -0.3 is 44.2 Å². The van der Waals surface area contributed by atoms with Crippen molar-refractivity contribution in [3.8, 4) is 17.2 Å². The van der Waals surface area contributed by atoms with E-state index in [1.165, 1.54) is 136 Å². The average molecular weight is 1710 g/mol. The minimum Gasteiger partial charge on any atom is -0.493 e. The van der Waals surface area contributed by atoms with E-state index in [0.717, 1.165) is 121 Å². The Bertz CT molecular complexity index is 5350. The number of aliphatic imine (C=N–C) groups is 1. The summed E-state index contributed by atoms with van der Waals surface area (Å²) in [6.07, 6.45) is 30.7. The maximum atomic E-state index is 11.2. The molecular weight excluding hydrogens is 1570 g/mol. The number of unbranched alkanes of at least 4 members (excludes halogenated alkanes) is 5. The molecule has 19 nitrogen and oxygen atoms in total. The summed E-state index contributed by atoms with van der Waals surface area (Å²) >= 11 is 0. The molecule has 3 heterocycles. The van der Waals surface area contributed by atoms with Gasteiger partial charge in [-0.2, -0.15) is 9.59 Å². The quantitative estimate of drug-likeness (QED) is 0.0273. The minimum absolute atomic E-state index is 0.0636. The van der Waals surface area contributed by atoms with Gasteiger partial charge in [-0.25, -0.2) is 39.3 Å². The SMILES string of the molecule is CCCCCCOc1cc2c(cc1N(C)c1ncc(C(=O)O)cn1)C(C)(C)CCC2(C)C.CCCCCOc1cc2c(cc1N(C)c1ncc(C(=O)O)cn1)C(C)(C)CCC2(C)C.CCCOc1cc2c(cc1\C(C)=C/C=C/C(C)=C/C(=O)O)C(C)(C)CCC2(C)C.Cc1ccc2c(c1)N=C(c1ccccc1)c1cc3c(cc1N2C)C(C)(C)CCC3(C)C.O=C=O. The maximum absolute atomic E-state index is 11.2. The fourth-order valence-corrected chi connectivity index (χ4v) is 17.7. The van der Waals surface area contributed by atoms with Crippen LogP contribution in [0.1, 0.15) is 336 Å². The number of carboxylic acids is 3. The zero-order valence-corrected chi connectivity index (χ0v) is 80.0. The van der Waals surface area contributed by atoms with Gasteiger partial charge >= 0.3 is 24.1 Å². The van der Waals surface area contributed by atoms with Gasteiger partial charge in [0.15, 0.2) is 0 Å². The number of rotatable bonds is 25. The summed E-state index contributed by atoms with van der Waals surface area (Å²) in [6.45, 7) is 51.9. The monoisotopic (exact) mass is 1710 g/mol. The molecule has 8 aromatic rings. The molecule has 19 heteroatoms. The summed E-state index contributed by atoms with van der Waals surface area (Å²) in [5, 5.41) is 27.2. The molecule has 0 unspecified atom stereocenters. The van der Waals surface area contributed by atoms with Crippen LogP contribution in [-0.4, -0.2) is 106 Å². The minimum atomic E-state index is -1.04. The van der Waals surface area contributed by atoms with E-state index in [4.69, 9.17) is 44.1 Å². The van der Waals surface area contributed by atoms with Crippen LogP contribution >= 0.6 is 0 Å². The van der Waals surface area contributed by atoms with E-state index in [1.54, 1.807) is 6.92 Å². The van der Waals surface area contributed by atoms with Crippen molar-refractivity contribution in [2.45, 2.75) is 298 Å². The first-order chi connectivity index (χ1) is 59.2. The van der Waals surface area contributed by atoms with Crippen LogP contribution in [0, 0.1) is 6.92 Å². The molecule has 2 aromatic heterocycles. The highest BCUT2D eigenvalue weighted by atomic mass is 16.5. The van der Waals surface area contributed by atoms with Crippen molar-refractivity contribution >= 4 is 75.7 Å². The lowest BCUT2D eigenvalue weighted by Gasteiger charge is -2.43. The Morgan fingerprint density at radius 1 is 0.468 bits per heavy atom. The van der Waals surface area contributed by atoms with Crippen LogP contribution in [0.15, 0.2) is 157 Å². The van der Waals surface area contributed by atoms with Crippen molar-refractivity contribution in [2.75, 3.05) is 55.7 Å². The van der Waals surface area contributed by atoms with Gasteiger partial charge in [0.05, 0.1) is 65.1 Å². The Balaban J connectivity index is 0.000000188. The van der Waals surface area contributed by atoms with Gasteiger partial charge in [-0.1, -0.05) is 218 Å². The van der Waals surface area contributed by atoms with E-state index in [1.807, 2.05) is 42.1 Å². The van der Waals surface area contributed by atoms with Gasteiger partial charge in [0, 0.05) is 68.7 Å². The lowest BCUT2D eigenvalue weighted by molar-refractivity contribution is -0.191. The molecular formula is C107H140N8O11. The van der Waals surface area contributed by atoms with E-state index in [2.05, 4.69) is 274 Å². The lowest BCUT2D eigenvalue weighted by Crippen LogP contribution is -2.34. The number of hydrogen-bond acceptors (Lipinski definition) is 16. The second-order valence-electron chi connectivity index (χ2n) is 40.1. The zero-order valence-electron chi connectivity index (χ0n) is 80.0. The molecule has 0 amide bonds. The molecule has 0 saturated carbocycles. The van der Waals surface area contributed by atoms with Crippen molar-refractivity contribution in [3.05, 3.63) is 230 Å². The summed E-state index contributed by atoms with van der Waals surface area (Å²) < 4.78 is 18.8. The summed E-state index contributed by atoms with van der Waals surface area (Å²) in [5.41, 5.74) is 25.0. The van der Waals surface area contributed by atoms with Crippen LogP contribution in [0.2, 0.25) is 0 Å². The van der Waals surface area contributed by atoms with E-state index in [-0.39, 0.29) is 60.6 Å². The summed E-state index contributed by atoms with van der Waals surface area (Å²) in [5.74, 6) is 0.488. The second-order valence-corrected chi connectivity index (χ2v) is 40.1. The smallest absolute Gasteiger partial charge is 0.373 e. The van der Waals surface area contributed by atoms with Crippen LogP contribution in [0.4, 0.5) is 40.3 Å². The van der Waals surface area contributed by atoms with Gasteiger partial charge in [-0.05, 0) is 257 Å². The van der Waals surface area contributed by atoms with Gasteiger partial charge in [0.25, 0.3) is 0 Å². The molecule has 4 aliphatic carbocycles. The first-order valence-electron chi connectivity index (χ1n) is 45.2. The van der Waals surface area contributed by atoms with Crippen molar-refractivity contribution in [2.24, 2.45) is 4.99 Å². The molecule has 0 radical (unpaired) electrons. The molecule has 6 aromatic carbocycles. The third-order valence-corrected chi connectivity index (χ3v) is 26.5. The van der Waals surface area contributed by atoms with E-state index >= 15 is 0 Å². The molecule has 5 aliphatic rings. The molecule has 0 bridgehead atoms. The number of carbonyl (C=O) groups excluding carboxylic acids is 2. The van der Waals surface area contributed by atoms with Crippen LogP contribution in [0.25, 0.3) is 5.57 Å². The van der Waals surface area contributed by atoms with Gasteiger partial charge in [-0.3, -0.25) is 0 Å². The fraction of sp³-hybridized carbons (Fsp3) is 0.486. The maximum Gasteiger partial charge on any atom is 0.373 e. The molecule has 1 aliphatic heterocycles. The van der Waals surface area contributed by atoms with E-state index in [0.29, 0.717) is 37.3 Å². The zero-order chi connectivity index (χ0) is 92.8. The highest BCUT2D eigenvalue weighted by Gasteiger charge is 2.44. The number of aromatic carboxylic acids is 2. The van der Waals surface area contributed by atoms with Crippen molar-refractivity contribution in [1.29, 1.82) is 0 Å². The number of hydrogen-bond donors (Lipinski definition) is 3. The van der Waals surface area contributed by atoms with Crippen LogP contribution in [0.3, 0.4) is 0 Å². The number of aryl methyl sites for hydroxylation is 1. The number of carbonyl (C=O) groups is 3. The topological polar surface area (TPSA) is 247 Å². The predicted octanol–water partition coefficient (Wildman–Crippen LogP) is 25.9. The van der Waals surface area contributed by atoms with Gasteiger partial charge in [0.1, 0.15) is 17.2 Å². The first-order valence-corrected chi connectivity index (χ1v) is 45.2. The highest BCUT2D eigenvalue weighted by molar-refractivity contribution is 6.19. The predicted molar refractivity (Wildman–Crippen MR) is 512 cm³/mol. The van der Waals surface area contributed by atoms with Gasteiger partial charge in [0.2, 0.25) is 11.9 Å². The number of aliphatic carboxylic acids is 1. The molecule has 0 saturated heterocycles. The third kappa shape index (κ3) is 23.6. The van der Waals surface area contributed by atoms with Crippen molar-refractivity contribution < 1.29 is 53.5 Å². The number of ether oxygens (including phenoxy) is 3. The average Bonchev–Trinajstić information content (AvgIpc) is 1.30. The summed E-state index contributed by atoms with van der Waals surface area (Å²) in [7, 11) is 5.99. The van der Waals surface area contributed by atoms with Crippen molar-refractivity contribution in [1.82, 2.24) is 19.9 Å². The first kappa shape index (κ1) is 98.7. The molecule has 13 rings (SSSR count). The fourth-order valence-electron chi connectivity index (χ4n) is 17.7. The highest BCUT2D eigenvalue weighted by Crippen LogP contribution is 2.55. The number of benzene rings is 6. The summed E-state index contributed by atoms with van der Waals surface area (Å²) in [4.78, 5) is 77.9. The van der Waals surface area contributed by atoms with Crippen LogP contribution in [0.5, 0.6) is 17.2 Å². The number of nitrogens with zero attached hydrogens (tertiary/aromatic N) is 8. The number of fused-ring (bicyclic) bond motifs is 6. The molecule has 3 N–H and O–H groups in total. The molecule has 0 atom stereocenters. The van der Waals surface area contributed by atoms with Crippen molar-refractivity contribution in [3.63, 3.8) is 0 Å². The van der Waals surface area contributed by atoms with Crippen LogP contribution in [-0.2, 0) is 57.7 Å². The standard InChI is InChI=1S/C29H32N2.C26H37N3O3.C26H36O3.C25H35N3O3.CO2/c1-19-12-13-25-24(16-19)30-27(20-10-8-7-9-11-20)21-17-22-23(18-26(21)31(25)6)29(4,5)15-14-28(22,2)3;1-7-8-9-10-13-32-22-15-20-19(25(2,3)11-12-26(20,4)5)14-21(22)29(6)24-27-16-18(17-28-24)23(30)31;1-8-14-29-23-17-22-21(25(4,5)12-13-26(22,6)7)16-20(23)19(3)11-9-10-18(2)15-24(27)28;1-7-8-9-12-31-21-14-19-18(24(2,3)10-11-25(19,4)5)13-20(21)28(6)23-26-15-17(16-27-23)22(29)30;2-1-3/h7-13,16-18H,14-15H2,1-6H3;14-17H,7-13H2,1-6H3,(H,30,31);9-11,15-17H,8,12-14H2,1-7H3,(H,27,28);13-16H,7-12H2,1-6H3,(H,29,30);/b;;10-9+,18-15+,19-11-;;. The number of anilines is 6. The normalized spacial score (nSPS) is 17.1. The Morgan fingerprint density at radius 2 is 0.849 bits per heavy atom. The Labute approximate surface area is 750 Å². The molecule has 0 fully saturated rings.